The predicted molar refractivity (Wildman–Crippen MR) is 139 cm³/mol. The van der Waals surface area contributed by atoms with Gasteiger partial charge in [-0.05, 0) is 20.8 Å². The van der Waals surface area contributed by atoms with Gasteiger partial charge in [0.2, 0.25) is 5.91 Å². The number of hydrogen-bond donors (Lipinski definition) is 2. The Morgan fingerprint density at radius 1 is 0.528 bits per heavy atom. The van der Waals surface area contributed by atoms with E-state index >= 15 is 0 Å². The Morgan fingerprint density at radius 2 is 0.917 bits per heavy atom. The van der Waals surface area contributed by atoms with Crippen LogP contribution >= 0.6 is 0 Å². The lowest BCUT2D eigenvalue weighted by atomic mass is 9.89. The fourth-order valence-corrected chi connectivity index (χ4v) is 2.64. The molecule has 0 saturated carbocycles. The highest BCUT2D eigenvalue weighted by Gasteiger charge is 2.20. The molecule has 0 fully saturated rings. The second-order valence-electron chi connectivity index (χ2n) is 10.4. The summed E-state index contributed by atoms with van der Waals surface area (Å²) in [7, 11) is 0. The van der Waals surface area contributed by atoms with E-state index in [-0.39, 0.29) is 22.6 Å². The largest absolute Gasteiger partial charge is 0.379 e. The molecule has 0 bridgehead atoms. The van der Waals surface area contributed by atoms with E-state index in [1.54, 1.807) is 0 Å². The van der Waals surface area contributed by atoms with Gasteiger partial charge in [0, 0.05) is 36.9 Å². The van der Waals surface area contributed by atoms with Gasteiger partial charge in [0.1, 0.15) is 5.78 Å². The number of hydrogen-bond acceptors (Lipinski definition) is 9. The first-order valence-corrected chi connectivity index (χ1v) is 13.0. The second-order valence-corrected chi connectivity index (χ2v) is 10.4. The summed E-state index contributed by atoms with van der Waals surface area (Å²) in [4.78, 5) is 23.5. The minimum absolute atomic E-state index is 0.0629. The van der Waals surface area contributed by atoms with Gasteiger partial charge in [-0.2, -0.15) is 0 Å². The summed E-state index contributed by atoms with van der Waals surface area (Å²) in [5, 5.41) is 6.14. The standard InChI is InChI=1S/C26H52N2O8/c1-25(2,3)23(29)7-11-31-16-19-35-21-22-36-20-18-33-13-9-27-24(30)8-12-32-15-17-34-14-10-28-26(4,5)6/h28H,7-22H2,1-6H3,(H,27,30). The molecule has 0 aromatic carbocycles. The first kappa shape index (κ1) is 34.9. The van der Waals surface area contributed by atoms with Gasteiger partial charge in [-0.3, -0.25) is 9.59 Å². The maximum atomic E-state index is 11.8. The van der Waals surface area contributed by atoms with Crippen molar-refractivity contribution in [1.82, 2.24) is 10.6 Å². The number of rotatable bonds is 24. The zero-order chi connectivity index (χ0) is 27.1. The van der Waals surface area contributed by atoms with Crippen LogP contribution in [0.4, 0.5) is 0 Å². The average molecular weight is 521 g/mol. The Morgan fingerprint density at radius 3 is 1.36 bits per heavy atom. The lowest BCUT2D eigenvalue weighted by molar-refractivity contribution is -0.127. The Hall–Kier alpha value is -1.14. The molecule has 0 saturated heterocycles. The summed E-state index contributed by atoms with van der Waals surface area (Å²) in [5.41, 5.74) is -0.223. The maximum Gasteiger partial charge on any atom is 0.222 e. The molecule has 0 unspecified atom stereocenters. The smallest absolute Gasteiger partial charge is 0.222 e. The maximum absolute atomic E-state index is 11.8. The lowest BCUT2D eigenvalue weighted by Gasteiger charge is -2.20. The van der Waals surface area contributed by atoms with Gasteiger partial charge in [0.15, 0.2) is 0 Å². The van der Waals surface area contributed by atoms with Crippen LogP contribution in [0.1, 0.15) is 54.4 Å². The first-order valence-electron chi connectivity index (χ1n) is 13.0. The van der Waals surface area contributed by atoms with Crippen molar-refractivity contribution in [3.8, 4) is 0 Å². The van der Waals surface area contributed by atoms with Crippen LogP contribution in [0.25, 0.3) is 0 Å². The Labute approximate surface area is 218 Å². The molecular formula is C26H52N2O8. The van der Waals surface area contributed by atoms with Gasteiger partial charge in [0.25, 0.3) is 0 Å². The van der Waals surface area contributed by atoms with Crippen LogP contribution in [0.3, 0.4) is 0 Å². The van der Waals surface area contributed by atoms with Gasteiger partial charge in [-0.1, -0.05) is 20.8 Å². The minimum Gasteiger partial charge on any atom is -0.379 e. The van der Waals surface area contributed by atoms with Crippen LogP contribution in [0.15, 0.2) is 0 Å². The summed E-state index contributed by atoms with van der Waals surface area (Å²) in [5.74, 6) is 0.135. The van der Waals surface area contributed by atoms with E-state index in [0.717, 1.165) is 6.54 Å². The minimum atomic E-state index is -0.315. The number of amides is 1. The van der Waals surface area contributed by atoms with Crippen molar-refractivity contribution in [3.63, 3.8) is 0 Å². The SMILES string of the molecule is CC(C)(C)NCCOCCOCCC(=O)NCCOCCOCCOCCOCCC(=O)C(C)(C)C. The zero-order valence-electron chi connectivity index (χ0n) is 23.6. The van der Waals surface area contributed by atoms with Crippen LogP contribution < -0.4 is 10.6 Å². The summed E-state index contributed by atoms with van der Waals surface area (Å²) < 4.78 is 32.6. The Kier molecular flexibility index (Phi) is 21.2. The van der Waals surface area contributed by atoms with Crippen LogP contribution in [0, 0.1) is 5.41 Å². The van der Waals surface area contributed by atoms with Crippen molar-refractivity contribution in [2.24, 2.45) is 5.41 Å². The zero-order valence-corrected chi connectivity index (χ0v) is 23.6. The quantitative estimate of drug-likeness (QED) is 0.184. The molecule has 0 rings (SSSR count). The van der Waals surface area contributed by atoms with E-state index < -0.39 is 0 Å². The van der Waals surface area contributed by atoms with Gasteiger partial charge in [-0.15, -0.1) is 0 Å². The van der Waals surface area contributed by atoms with Gasteiger partial charge in [0.05, 0.1) is 79.3 Å². The van der Waals surface area contributed by atoms with Crippen LogP contribution in [-0.4, -0.2) is 110 Å². The number of ketones is 1. The first-order chi connectivity index (χ1) is 17.0. The molecule has 0 radical (unpaired) electrons. The molecule has 0 aliphatic heterocycles. The topological polar surface area (TPSA) is 114 Å². The van der Waals surface area contributed by atoms with E-state index in [4.69, 9.17) is 28.4 Å². The van der Waals surface area contributed by atoms with Crippen molar-refractivity contribution in [1.29, 1.82) is 0 Å². The molecule has 1 amide bonds. The highest BCUT2D eigenvalue weighted by atomic mass is 16.6. The molecule has 36 heavy (non-hydrogen) atoms. The predicted octanol–water partition coefficient (Wildman–Crippen LogP) is 1.99. The highest BCUT2D eigenvalue weighted by Crippen LogP contribution is 2.16. The molecule has 2 N–H and O–H groups in total. The van der Waals surface area contributed by atoms with Gasteiger partial charge >= 0.3 is 0 Å². The molecule has 10 heteroatoms. The third-order valence-corrected chi connectivity index (χ3v) is 4.74. The van der Waals surface area contributed by atoms with E-state index in [0.29, 0.717) is 98.7 Å². The number of ether oxygens (including phenoxy) is 6. The number of carbonyl (C=O) groups is 2. The number of nitrogens with one attached hydrogen (secondary N) is 2. The molecular weight excluding hydrogens is 468 g/mol. The third kappa shape index (κ3) is 25.9. The Balaban J connectivity index is 3.25. The molecule has 214 valence electrons. The summed E-state index contributed by atoms with van der Waals surface area (Å²) in [6.45, 7) is 19.0. The van der Waals surface area contributed by atoms with Crippen LogP contribution in [0.5, 0.6) is 0 Å². The molecule has 0 atom stereocenters. The molecule has 0 aliphatic carbocycles. The monoisotopic (exact) mass is 520 g/mol. The van der Waals surface area contributed by atoms with Crippen molar-refractivity contribution in [3.05, 3.63) is 0 Å². The van der Waals surface area contributed by atoms with E-state index in [9.17, 15) is 9.59 Å². The molecule has 0 aromatic rings. The van der Waals surface area contributed by atoms with Crippen LogP contribution in [-0.2, 0) is 38.0 Å². The fourth-order valence-electron chi connectivity index (χ4n) is 2.64. The summed E-state index contributed by atoms with van der Waals surface area (Å²) >= 11 is 0. The molecule has 10 nitrogen and oxygen atoms in total. The average Bonchev–Trinajstić information content (AvgIpc) is 2.78. The Bertz CT molecular complexity index is 547. The summed E-state index contributed by atoms with van der Waals surface area (Å²) in [6.07, 6.45) is 0.742. The number of carbonyl (C=O) groups excluding carboxylic acids is 2. The van der Waals surface area contributed by atoms with Crippen LogP contribution in [0.2, 0.25) is 0 Å². The van der Waals surface area contributed by atoms with E-state index in [2.05, 4.69) is 31.4 Å². The molecule has 0 aliphatic rings. The summed E-state index contributed by atoms with van der Waals surface area (Å²) in [6, 6.07) is 0. The van der Waals surface area contributed by atoms with E-state index in [1.165, 1.54) is 0 Å². The highest BCUT2D eigenvalue weighted by molar-refractivity contribution is 5.83. The van der Waals surface area contributed by atoms with Gasteiger partial charge < -0.3 is 39.1 Å². The van der Waals surface area contributed by atoms with Crippen molar-refractivity contribution >= 4 is 11.7 Å². The fraction of sp³-hybridized carbons (Fsp3) is 0.923. The molecule has 0 spiro atoms. The number of Topliss-reactive ketones (excluding diaryl/α,β-unsaturated/α-hetero) is 1. The van der Waals surface area contributed by atoms with Crippen molar-refractivity contribution in [2.45, 2.75) is 59.9 Å². The molecule has 0 aromatic heterocycles. The van der Waals surface area contributed by atoms with Gasteiger partial charge in [-0.25, -0.2) is 0 Å². The van der Waals surface area contributed by atoms with Crippen molar-refractivity contribution in [2.75, 3.05) is 92.4 Å². The van der Waals surface area contributed by atoms with Crippen molar-refractivity contribution < 1.29 is 38.0 Å². The normalized spacial score (nSPS) is 12.2. The third-order valence-electron chi connectivity index (χ3n) is 4.74. The lowest BCUT2D eigenvalue weighted by Crippen LogP contribution is -2.38. The van der Waals surface area contributed by atoms with E-state index in [1.807, 2.05) is 20.8 Å². The molecule has 0 heterocycles. The second kappa shape index (κ2) is 21.9.